The van der Waals surface area contributed by atoms with Gasteiger partial charge in [-0.3, -0.25) is 4.48 Å². The van der Waals surface area contributed by atoms with Crippen LogP contribution in [-0.4, -0.2) is 27.1 Å². The zero-order valence-corrected chi connectivity index (χ0v) is 8.37. The van der Waals surface area contributed by atoms with E-state index in [0.717, 1.165) is 6.07 Å². The zero-order valence-electron chi connectivity index (χ0n) is 8.37. The van der Waals surface area contributed by atoms with Gasteiger partial charge in [0, 0.05) is 11.6 Å². The Labute approximate surface area is 82.0 Å². The van der Waals surface area contributed by atoms with Crippen LogP contribution < -0.4 is 9.59 Å². The van der Waals surface area contributed by atoms with Crippen LogP contribution in [0, 0.1) is 5.82 Å². The van der Waals surface area contributed by atoms with Gasteiger partial charge >= 0.3 is 0 Å². The van der Waals surface area contributed by atoms with E-state index < -0.39 is 11.8 Å². The van der Waals surface area contributed by atoms with Crippen LogP contribution in [0.5, 0.6) is 0 Å². The molecule has 76 valence electrons. The predicted octanol–water partition coefficient (Wildman–Crippen LogP) is 0.386. The van der Waals surface area contributed by atoms with Crippen LogP contribution in [0.1, 0.15) is 10.4 Å². The third-order valence-electron chi connectivity index (χ3n) is 1.91. The summed E-state index contributed by atoms with van der Waals surface area (Å²) in [5.74, 6) is -1.89. The fourth-order valence-corrected chi connectivity index (χ4v) is 1.18. The Morgan fingerprint density at radius 1 is 1.36 bits per heavy atom. The molecule has 0 atom stereocenters. The van der Waals surface area contributed by atoms with Gasteiger partial charge in [0.2, 0.25) is 0 Å². The molecule has 0 radical (unpaired) electrons. The number of nitrogens with zero attached hydrogens (tertiary/aromatic N) is 1. The maximum absolute atomic E-state index is 13.4. The average molecular weight is 197 g/mol. The van der Waals surface area contributed by atoms with Crippen LogP contribution in [0.4, 0.5) is 10.1 Å². The Hall–Kier alpha value is -1.42. The lowest BCUT2D eigenvalue weighted by Crippen LogP contribution is -2.35. The molecule has 0 amide bonds. The Kier molecular flexibility index (Phi) is 2.57. The lowest BCUT2D eigenvalue weighted by Gasteiger charge is -2.24. The quantitative estimate of drug-likeness (QED) is 0.643. The molecule has 0 aliphatic heterocycles. The van der Waals surface area contributed by atoms with Crippen LogP contribution in [0.3, 0.4) is 0 Å². The van der Waals surface area contributed by atoms with Gasteiger partial charge in [0.05, 0.1) is 27.1 Å². The van der Waals surface area contributed by atoms with E-state index in [0.29, 0.717) is 10.2 Å². The molecular formula is C10H12FNO2. The molecular weight excluding hydrogens is 185 g/mol. The van der Waals surface area contributed by atoms with Crippen molar-refractivity contribution in [3.05, 3.63) is 29.6 Å². The van der Waals surface area contributed by atoms with Crippen molar-refractivity contribution in [1.82, 2.24) is 4.48 Å². The monoisotopic (exact) mass is 197 g/mol. The summed E-state index contributed by atoms with van der Waals surface area (Å²) in [5, 5.41) is 10.4. The summed E-state index contributed by atoms with van der Waals surface area (Å²) in [6, 6.07) is 3.78. The molecule has 0 fully saturated rings. The molecule has 0 aromatic heterocycles. The molecule has 1 aromatic carbocycles. The third-order valence-corrected chi connectivity index (χ3v) is 1.91. The van der Waals surface area contributed by atoms with E-state index in [4.69, 9.17) is 0 Å². The number of hydrogen-bond acceptors (Lipinski definition) is 2. The highest BCUT2D eigenvalue weighted by atomic mass is 19.1. The molecule has 0 spiro atoms. The van der Waals surface area contributed by atoms with Crippen molar-refractivity contribution in [3.63, 3.8) is 0 Å². The lowest BCUT2D eigenvalue weighted by atomic mass is 10.2. The summed E-state index contributed by atoms with van der Waals surface area (Å²) in [6.45, 7) is 0. The van der Waals surface area contributed by atoms with Gasteiger partial charge in [0.1, 0.15) is 0 Å². The summed E-state index contributed by atoms with van der Waals surface area (Å²) >= 11 is 0. The predicted molar refractivity (Wildman–Crippen MR) is 50.3 cm³/mol. The number of aromatic carboxylic acids is 1. The van der Waals surface area contributed by atoms with Gasteiger partial charge in [0.25, 0.3) is 0 Å². The van der Waals surface area contributed by atoms with Crippen LogP contribution in [0.2, 0.25) is 0 Å². The minimum Gasteiger partial charge on any atom is -0.545 e. The fourth-order valence-electron chi connectivity index (χ4n) is 1.18. The summed E-state index contributed by atoms with van der Waals surface area (Å²) in [5.41, 5.74) is 0.301. The molecule has 0 saturated heterocycles. The second kappa shape index (κ2) is 3.38. The van der Waals surface area contributed by atoms with E-state index in [1.54, 1.807) is 21.1 Å². The first-order valence-electron chi connectivity index (χ1n) is 4.15. The summed E-state index contributed by atoms with van der Waals surface area (Å²) in [7, 11) is 5.41. The minimum absolute atomic E-state index is 0.139. The first kappa shape index (κ1) is 10.7. The Morgan fingerprint density at radius 2 is 1.93 bits per heavy atom. The second-order valence-corrected chi connectivity index (χ2v) is 3.97. The molecule has 0 N–H and O–H groups in total. The van der Waals surface area contributed by atoms with Crippen LogP contribution in [-0.2, 0) is 0 Å². The molecule has 1 aromatic rings. The number of benzene rings is 1. The Balaban J connectivity index is 3.21. The van der Waals surface area contributed by atoms with E-state index in [1.165, 1.54) is 12.1 Å². The maximum Gasteiger partial charge on any atom is 0.184 e. The molecule has 0 saturated carbocycles. The molecule has 0 heterocycles. The summed E-state index contributed by atoms with van der Waals surface area (Å²) < 4.78 is 13.7. The molecule has 0 aliphatic rings. The van der Waals surface area contributed by atoms with Crippen LogP contribution >= 0.6 is 0 Å². The van der Waals surface area contributed by atoms with Crippen molar-refractivity contribution in [1.29, 1.82) is 0 Å². The molecule has 3 nitrogen and oxygen atoms in total. The fraction of sp³-hybridized carbons (Fsp3) is 0.300. The van der Waals surface area contributed by atoms with Gasteiger partial charge in [-0.1, -0.05) is 0 Å². The standard InChI is InChI=1S/C10H12FNO2/c1-12(2,3)9-5-4-7(10(13)14)6-8(9)11/h4-6H,1-3H3. The molecule has 4 heteroatoms. The van der Waals surface area contributed by atoms with Crippen molar-refractivity contribution in [2.45, 2.75) is 0 Å². The molecule has 0 aliphatic carbocycles. The number of halogens is 1. The highest BCUT2D eigenvalue weighted by Gasteiger charge is 2.17. The normalized spacial score (nSPS) is 11.4. The number of carboxylic acid groups (broad SMARTS) is 1. The van der Waals surface area contributed by atoms with Gasteiger partial charge in [-0.25, -0.2) is 4.39 Å². The largest absolute Gasteiger partial charge is 0.545 e. The van der Waals surface area contributed by atoms with E-state index in [-0.39, 0.29) is 5.56 Å². The van der Waals surface area contributed by atoms with Gasteiger partial charge < -0.3 is 9.90 Å². The molecule has 0 unspecified atom stereocenters. The Morgan fingerprint density at radius 3 is 2.29 bits per heavy atom. The average Bonchev–Trinajstić information content (AvgIpc) is 2.01. The summed E-state index contributed by atoms with van der Waals surface area (Å²) in [6.07, 6.45) is 0. The Bertz CT molecular complexity index is 369. The molecule has 0 bridgehead atoms. The minimum atomic E-state index is -1.36. The lowest BCUT2D eigenvalue weighted by molar-refractivity contribution is -0.255. The zero-order chi connectivity index (χ0) is 10.9. The smallest absolute Gasteiger partial charge is 0.184 e. The van der Waals surface area contributed by atoms with Gasteiger partial charge in [0.15, 0.2) is 11.5 Å². The van der Waals surface area contributed by atoms with Gasteiger partial charge in [-0.05, 0) is 12.1 Å². The molecule has 14 heavy (non-hydrogen) atoms. The van der Waals surface area contributed by atoms with E-state index >= 15 is 0 Å². The van der Waals surface area contributed by atoms with E-state index in [2.05, 4.69) is 0 Å². The second-order valence-electron chi connectivity index (χ2n) is 3.97. The van der Waals surface area contributed by atoms with Crippen molar-refractivity contribution in [2.24, 2.45) is 0 Å². The van der Waals surface area contributed by atoms with Gasteiger partial charge in [-0.15, -0.1) is 0 Å². The van der Waals surface area contributed by atoms with Crippen LogP contribution in [0.25, 0.3) is 0 Å². The topological polar surface area (TPSA) is 40.1 Å². The van der Waals surface area contributed by atoms with Gasteiger partial charge in [-0.2, -0.15) is 0 Å². The third kappa shape index (κ3) is 2.09. The van der Waals surface area contributed by atoms with Crippen molar-refractivity contribution in [2.75, 3.05) is 21.1 Å². The van der Waals surface area contributed by atoms with Crippen LogP contribution in [0.15, 0.2) is 18.2 Å². The first-order chi connectivity index (χ1) is 6.32. The van der Waals surface area contributed by atoms with Crippen molar-refractivity contribution in [3.8, 4) is 0 Å². The SMILES string of the molecule is C[N+](C)(C)c1ccc(C(=O)[O-])cc1F. The number of carbonyl (C=O) groups is 1. The van der Waals surface area contributed by atoms with Crippen molar-refractivity contribution < 1.29 is 14.3 Å². The van der Waals surface area contributed by atoms with E-state index in [1.807, 2.05) is 0 Å². The maximum atomic E-state index is 13.4. The molecule has 1 rings (SSSR count). The number of carbonyl (C=O) groups excluding carboxylic acids is 1. The van der Waals surface area contributed by atoms with Crippen molar-refractivity contribution >= 4 is 11.7 Å². The summed E-state index contributed by atoms with van der Waals surface area (Å²) in [4.78, 5) is 10.4. The number of carboxylic acids is 1. The first-order valence-corrected chi connectivity index (χ1v) is 4.15. The highest BCUT2D eigenvalue weighted by Crippen LogP contribution is 2.21. The number of quaternary nitrogens is 1. The number of rotatable bonds is 2. The highest BCUT2D eigenvalue weighted by molar-refractivity contribution is 5.86. The number of hydrogen-bond donors (Lipinski definition) is 0. The van der Waals surface area contributed by atoms with E-state index in [9.17, 15) is 14.3 Å².